The molecule has 0 fully saturated rings. The zero-order valence-corrected chi connectivity index (χ0v) is 7.96. The van der Waals surface area contributed by atoms with Gasteiger partial charge in [0.15, 0.2) is 11.6 Å². The highest BCUT2D eigenvalue weighted by molar-refractivity contribution is 7.09. The fraction of sp³-hybridized carbons (Fsp3) is 0.625. The summed E-state index contributed by atoms with van der Waals surface area (Å²) in [6.07, 6.45) is 0. The summed E-state index contributed by atoms with van der Waals surface area (Å²) in [5, 5.41) is 10.1. The Morgan fingerprint density at radius 3 is 2.45 bits per heavy atom. The molecule has 0 aromatic carbocycles. The van der Waals surface area contributed by atoms with Crippen molar-refractivity contribution in [2.75, 3.05) is 0 Å². The third-order valence-corrected chi connectivity index (χ3v) is 2.32. The summed E-state index contributed by atoms with van der Waals surface area (Å²) >= 11 is 1.58. The molecule has 0 unspecified atom stereocenters. The zero-order chi connectivity index (χ0) is 8.48. The molecule has 0 spiro atoms. The van der Waals surface area contributed by atoms with Crippen LogP contribution >= 0.6 is 11.3 Å². The number of hydrogen-bond donors (Lipinski definition) is 0. The van der Waals surface area contributed by atoms with E-state index >= 15 is 0 Å². The van der Waals surface area contributed by atoms with E-state index in [2.05, 4.69) is 25.8 Å². The molecule has 0 saturated carbocycles. The minimum atomic E-state index is 0.129. The maximum atomic E-state index is 7.11. The molecule has 0 bridgehead atoms. The van der Waals surface area contributed by atoms with Crippen molar-refractivity contribution in [3.63, 3.8) is 0 Å². The topological polar surface area (TPSA) is 35.8 Å². The molecular formula is C8H14NOS+. The standard InChI is InChI=1S/C8H13NOS/c1-8(2,3)6-5-11-7(4-10)9-6/h5,10H,4H2,1-3H3/p+1. The first kappa shape index (κ1) is 8.68. The van der Waals surface area contributed by atoms with Crippen molar-refractivity contribution in [1.82, 2.24) is 4.98 Å². The van der Waals surface area contributed by atoms with Crippen LogP contribution in [0, 0.1) is 0 Å². The summed E-state index contributed by atoms with van der Waals surface area (Å²) in [6.45, 7) is 6.71. The van der Waals surface area contributed by atoms with Gasteiger partial charge in [-0.05, 0) is 0 Å². The molecule has 0 amide bonds. The molecule has 0 radical (unpaired) electrons. The predicted molar refractivity (Wildman–Crippen MR) is 48.1 cm³/mol. The first-order chi connectivity index (χ1) is 5.04. The summed E-state index contributed by atoms with van der Waals surface area (Å²) < 4.78 is 0. The molecule has 1 heterocycles. The Hall–Kier alpha value is -0.410. The largest absolute Gasteiger partial charge is 0.440 e. The van der Waals surface area contributed by atoms with Crippen molar-refractivity contribution >= 4 is 11.3 Å². The third-order valence-electron chi connectivity index (χ3n) is 1.47. The number of hydrogen-bond acceptors (Lipinski definition) is 2. The van der Waals surface area contributed by atoms with E-state index in [1.54, 1.807) is 11.3 Å². The van der Waals surface area contributed by atoms with Crippen LogP contribution in [0.4, 0.5) is 0 Å². The van der Waals surface area contributed by atoms with Crippen LogP contribution in [0.15, 0.2) is 5.38 Å². The van der Waals surface area contributed by atoms with E-state index < -0.39 is 0 Å². The number of nitrogens with zero attached hydrogens (tertiary/aromatic N) is 1. The Morgan fingerprint density at radius 1 is 1.55 bits per heavy atom. The maximum absolute atomic E-state index is 7.11. The van der Waals surface area contributed by atoms with Gasteiger partial charge in [-0.3, -0.25) is 0 Å². The Kier molecular flexibility index (Phi) is 2.30. The second kappa shape index (κ2) is 2.91. The number of rotatable bonds is 1. The van der Waals surface area contributed by atoms with Crippen LogP contribution in [-0.4, -0.2) is 10.1 Å². The molecule has 2 N–H and O–H groups in total. The quantitative estimate of drug-likeness (QED) is 0.593. The van der Waals surface area contributed by atoms with Crippen LogP contribution in [0.1, 0.15) is 31.5 Å². The van der Waals surface area contributed by atoms with Crippen molar-refractivity contribution in [3.05, 3.63) is 16.1 Å². The molecule has 0 atom stereocenters. The van der Waals surface area contributed by atoms with E-state index in [0.717, 1.165) is 10.7 Å². The number of thiazole rings is 1. The Balaban J connectivity index is 2.89. The summed E-state index contributed by atoms with van der Waals surface area (Å²) in [5.74, 6) is 0. The first-order valence-electron chi connectivity index (χ1n) is 3.63. The Morgan fingerprint density at radius 2 is 2.18 bits per heavy atom. The highest BCUT2D eigenvalue weighted by atomic mass is 32.1. The van der Waals surface area contributed by atoms with Gasteiger partial charge < -0.3 is 5.11 Å². The molecule has 0 aliphatic rings. The molecule has 1 aromatic heterocycles. The van der Waals surface area contributed by atoms with Crippen LogP contribution in [0.5, 0.6) is 0 Å². The third kappa shape index (κ3) is 2.01. The van der Waals surface area contributed by atoms with Crippen LogP contribution in [-0.2, 0) is 12.0 Å². The van der Waals surface area contributed by atoms with Crippen LogP contribution in [0.25, 0.3) is 0 Å². The lowest BCUT2D eigenvalue weighted by Crippen LogP contribution is -2.11. The molecule has 0 aliphatic heterocycles. The lowest BCUT2D eigenvalue weighted by atomic mass is 9.93. The van der Waals surface area contributed by atoms with E-state index in [9.17, 15) is 0 Å². The highest BCUT2D eigenvalue weighted by Gasteiger charge is 2.17. The van der Waals surface area contributed by atoms with Gasteiger partial charge in [0.2, 0.25) is 0 Å². The molecule has 0 saturated heterocycles. The van der Waals surface area contributed by atoms with Crippen LogP contribution < -0.4 is 0 Å². The monoisotopic (exact) mass is 172 g/mol. The molecule has 1 rings (SSSR count). The van der Waals surface area contributed by atoms with Crippen LogP contribution in [0.3, 0.4) is 0 Å². The zero-order valence-electron chi connectivity index (χ0n) is 7.14. The molecule has 1 aromatic rings. The van der Waals surface area contributed by atoms with Crippen molar-refractivity contribution in [2.45, 2.75) is 32.8 Å². The van der Waals surface area contributed by atoms with E-state index in [1.165, 1.54) is 0 Å². The summed E-state index contributed by atoms with van der Waals surface area (Å²) in [6, 6.07) is 0. The van der Waals surface area contributed by atoms with E-state index in [4.69, 9.17) is 5.11 Å². The fourth-order valence-corrected chi connectivity index (χ4v) is 1.62. The lowest BCUT2D eigenvalue weighted by Gasteiger charge is -2.13. The molecule has 2 nitrogen and oxygen atoms in total. The van der Waals surface area contributed by atoms with Gasteiger partial charge in [-0.15, -0.1) is 11.3 Å². The normalized spacial score (nSPS) is 12.0. The highest BCUT2D eigenvalue weighted by Crippen LogP contribution is 2.23. The van der Waals surface area contributed by atoms with E-state index in [0.29, 0.717) is 6.61 Å². The van der Waals surface area contributed by atoms with Gasteiger partial charge in [0.25, 0.3) is 0 Å². The second-order valence-electron chi connectivity index (χ2n) is 3.55. The summed E-state index contributed by atoms with van der Waals surface area (Å²) in [5.41, 5.74) is 1.23. The summed E-state index contributed by atoms with van der Waals surface area (Å²) in [7, 11) is 0. The molecule has 62 valence electrons. The van der Waals surface area contributed by atoms with Crippen molar-refractivity contribution < 1.29 is 5.11 Å². The average Bonchev–Trinajstić information content (AvgIpc) is 2.32. The molecular weight excluding hydrogens is 158 g/mol. The minimum absolute atomic E-state index is 0.129. The molecule has 11 heavy (non-hydrogen) atoms. The van der Waals surface area contributed by atoms with Gasteiger partial charge in [-0.2, -0.15) is 0 Å². The van der Waals surface area contributed by atoms with Crippen molar-refractivity contribution in [3.8, 4) is 0 Å². The fourth-order valence-electron chi connectivity index (χ4n) is 0.737. The molecule has 3 heteroatoms. The van der Waals surface area contributed by atoms with Crippen molar-refractivity contribution in [2.24, 2.45) is 0 Å². The Bertz CT molecular complexity index is 236. The first-order valence-corrected chi connectivity index (χ1v) is 4.51. The van der Waals surface area contributed by atoms with Gasteiger partial charge in [0.1, 0.15) is 0 Å². The SMILES string of the molecule is CC(C)(C)c1csc(C[OH2+])n1. The summed E-state index contributed by atoms with van der Waals surface area (Å²) in [4.78, 5) is 4.33. The minimum Gasteiger partial charge on any atom is -0.440 e. The second-order valence-corrected chi connectivity index (χ2v) is 4.50. The van der Waals surface area contributed by atoms with Crippen molar-refractivity contribution in [1.29, 1.82) is 0 Å². The van der Waals surface area contributed by atoms with Gasteiger partial charge in [0.05, 0.1) is 5.69 Å². The van der Waals surface area contributed by atoms with Gasteiger partial charge in [-0.25, -0.2) is 4.98 Å². The van der Waals surface area contributed by atoms with Gasteiger partial charge in [-0.1, -0.05) is 20.8 Å². The lowest BCUT2D eigenvalue weighted by molar-refractivity contribution is 0.280. The predicted octanol–water partition coefficient (Wildman–Crippen LogP) is 1.67. The number of aromatic nitrogens is 1. The van der Waals surface area contributed by atoms with Crippen LogP contribution in [0.2, 0.25) is 0 Å². The average molecular weight is 172 g/mol. The van der Waals surface area contributed by atoms with E-state index in [-0.39, 0.29) is 5.41 Å². The maximum Gasteiger partial charge on any atom is 0.196 e. The van der Waals surface area contributed by atoms with Gasteiger partial charge >= 0.3 is 0 Å². The smallest absolute Gasteiger partial charge is 0.196 e. The van der Waals surface area contributed by atoms with Gasteiger partial charge in [0, 0.05) is 10.8 Å². The molecule has 0 aliphatic carbocycles. The van der Waals surface area contributed by atoms with E-state index in [1.807, 2.05) is 5.38 Å². The Labute approximate surface area is 70.9 Å².